The molecule has 0 aliphatic carbocycles. The summed E-state index contributed by atoms with van der Waals surface area (Å²) in [6, 6.07) is 10.4. The van der Waals surface area contributed by atoms with E-state index in [-0.39, 0.29) is 12.4 Å². The average molecular weight is 217 g/mol. The maximum absolute atomic E-state index is 10.5. The molecule has 0 saturated heterocycles. The molecule has 82 valence electrons. The molecule has 2 rings (SSSR count). The summed E-state index contributed by atoms with van der Waals surface area (Å²) in [5.74, 6) is 0.229. The molecule has 0 aliphatic rings. The first kappa shape index (κ1) is 10.3. The fraction of sp³-hybridized carbons (Fsp3) is 0.0833. The van der Waals surface area contributed by atoms with Gasteiger partial charge in [-0.05, 0) is 35.0 Å². The molecule has 1 amide bonds. The van der Waals surface area contributed by atoms with Crippen molar-refractivity contribution in [3.63, 3.8) is 0 Å². The molecule has 2 aromatic rings. The Bertz CT molecular complexity index is 537. The third-order valence-corrected chi connectivity index (χ3v) is 2.18. The van der Waals surface area contributed by atoms with E-state index < -0.39 is 5.91 Å². The van der Waals surface area contributed by atoms with Crippen LogP contribution in [0.2, 0.25) is 0 Å². The van der Waals surface area contributed by atoms with Gasteiger partial charge < -0.3 is 15.6 Å². The van der Waals surface area contributed by atoms with E-state index in [0.717, 1.165) is 10.8 Å². The summed E-state index contributed by atoms with van der Waals surface area (Å²) in [6.07, 6.45) is 0. The minimum atomic E-state index is -0.518. The molecule has 0 spiro atoms. The van der Waals surface area contributed by atoms with Gasteiger partial charge in [0.25, 0.3) is 5.91 Å². The Labute approximate surface area is 92.3 Å². The van der Waals surface area contributed by atoms with Gasteiger partial charge in [-0.2, -0.15) is 0 Å². The van der Waals surface area contributed by atoms with E-state index >= 15 is 0 Å². The number of nitrogens with two attached hydrogens (primary N) is 1. The Kier molecular flexibility index (Phi) is 2.64. The first-order chi connectivity index (χ1) is 7.65. The zero-order valence-corrected chi connectivity index (χ0v) is 8.51. The predicted molar refractivity (Wildman–Crippen MR) is 60.3 cm³/mol. The molecule has 0 unspecified atom stereocenters. The number of fused-ring (bicyclic) bond motifs is 1. The lowest BCUT2D eigenvalue weighted by atomic mass is 10.1. The number of aromatic hydroxyl groups is 1. The lowest BCUT2D eigenvalue weighted by Gasteiger charge is -2.05. The highest BCUT2D eigenvalue weighted by molar-refractivity contribution is 5.85. The van der Waals surface area contributed by atoms with E-state index in [4.69, 9.17) is 10.5 Å². The predicted octanol–water partition coefficient (Wildman–Crippen LogP) is 1.41. The molecule has 16 heavy (non-hydrogen) atoms. The number of amides is 1. The van der Waals surface area contributed by atoms with E-state index in [9.17, 15) is 9.90 Å². The number of primary amides is 1. The molecular formula is C12H11NO3. The molecule has 3 N–H and O–H groups in total. The topological polar surface area (TPSA) is 72.6 Å². The van der Waals surface area contributed by atoms with Crippen LogP contribution in [0.4, 0.5) is 0 Å². The minimum absolute atomic E-state index is 0.148. The fourth-order valence-electron chi connectivity index (χ4n) is 1.46. The minimum Gasteiger partial charge on any atom is -0.508 e. The van der Waals surface area contributed by atoms with Crippen LogP contribution in [-0.2, 0) is 4.79 Å². The van der Waals surface area contributed by atoms with Crippen molar-refractivity contribution in [2.45, 2.75) is 0 Å². The van der Waals surface area contributed by atoms with Crippen molar-refractivity contribution in [2.24, 2.45) is 5.73 Å². The molecule has 0 bridgehead atoms. The van der Waals surface area contributed by atoms with Gasteiger partial charge >= 0.3 is 0 Å². The molecule has 0 aliphatic heterocycles. The highest BCUT2D eigenvalue weighted by Gasteiger charge is 2.00. The molecule has 4 heteroatoms. The number of rotatable bonds is 3. The molecular weight excluding hydrogens is 206 g/mol. The fourth-order valence-corrected chi connectivity index (χ4v) is 1.46. The second-order valence-electron chi connectivity index (χ2n) is 3.45. The van der Waals surface area contributed by atoms with Gasteiger partial charge in [-0.25, -0.2) is 0 Å². The van der Waals surface area contributed by atoms with Gasteiger partial charge in [0.1, 0.15) is 11.5 Å². The molecule has 0 radical (unpaired) electrons. The van der Waals surface area contributed by atoms with Gasteiger partial charge in [0.2, 0.25) is 0 Å². The van der Waals surface area contributed by atoms with Crippen LogP contribution in [0.15, 0.2) is 36.4 Å². The first-order valence-electron chi connectivity index (χ1n) is 4.79. The first-order valence-corrected chi connectivity index (χ1v) is 4.79. The zero-order chi connectivity index (χ0) is 11.5. The number of carbonyl (C=O) groups excluding carboxylic acids is 1. The monoisotopic (exact) mass is 217 g/mol. The van der Waals surface area contributed by atoms with E-state index in [0.29, 0.717) is 5.75 Å². The van der Waals surface area contributed by atoms with Crippen LogP contribution >= 0.6 is 0 Å². The molecule has 4 nitrogen and oxygen atoms in total. The quantitative estimate of drug-likeness (QED) is 0.816. The van der Waals surface area contributed by atoms with Crippen LogP contribution in [0.25, 0.3) is 10.8 Å². The van der Waals surface area contributed by atoms with Crippen LogP contribution in [0.5, 0.6) is 11.5 Å². The van der Waals surface area contributed by atoms with Crippen LogP contribution in [-0.4, -0.2) is 17.6 Å². The highest BCUT2D eigenvalue weighted by Crippen LogP contribution is 2.24. The number of phenolic OH excluding ortho intramolecular Hbond substituents is 1. The zero-order valence-electron chi connectivity index (χ0n) is 8.51. The van der Waals surface area contributed by atoms with Crippen molar-refractivity contribution in [1.29, 1.82) is 0 Å². The normalized spacial score (nSPS) is 10.2. The van der Waals surface area contributed by atoms with Crippen molar-refractivity contribution in [1.82, 2.24) is 0 Å². The standard InChI is InChI=1S/C12H11NO3/c13-12(15)7-16-11-4-2-8-1-3-10(14)5-9(8)6-11/h1-6,14H,7H2,(H2,13,15). The Morgan fingerprint density at radius 1 is 1.19 bits per heavy atom. The van der Waals surface area contributed by atoms with Crippen molar-refractivity contribution in [3.05, 3.63) is 36.4 Å². The summed E-state index contributed by atoms with van der Waals surface area (Å²) in [5, 5.41) is 11.2. The average Bonchev–Trinajstić information content (AvgIpc) is 2.25. The summed E-state index contributed by atoms with van der Waals surface area (Å²) in [5.41, 5.74) is 4.97. The van der Waals surface area contributed by atoms with Crippen LogP contribution in [0, 0.1) is 0 Å². The Morgan fingerprint density at radius 2 is 1.94 bits per heavy atom. The summed E-state index contributed by atoms with van der Waals surface area (Å²) in [4.78, 5) is 10.5. The summed E-state index contributed by atoms with van der Waals surface area (Å²) in [6.45, 7) is -0.148. The summed E-state index contributed by atoms with van der Waals surface area (Å²) in [7, 11) is 0. The van der Waals surface area contributed by atoms with Crippen molar-refractivity contribution < 1.29 is 14.6 Å². The number of ether oxygens (including phenoxy) is 1. The number of phenols is 1. The molecule has 0 saturated carbocycles. The molecule has 0 aromatic heterocycles. The van der Waals surface area contributed by atoms with E-state index in [1.807, 2.05) is 12.1 Å². The van der Waals surface area contributed by atoms with Gasteiger partial charge in [-0.3, -0.25) is 4.79 Å². The van der Waals surface area contributed by atoms with Crippen LogP contribution in [0.1, 0.15) is 0 Å². The summed E-state index contributed by atoms with van der Waals surface area (Å²) >= 11 is 0. The highest BCUT2D eigenvalue weighted by atomic mass is 16.5. The second kappa shape index (κ2) is 4.10. The number of hydrogen-bond acceptors (Lipinski definition) is 3. The van der Waals surface area contributed by atoms with Crippen LogP contribution < -0.4 is 10.5 Å². The maximum atomic E-state index is 10.5. The molecule has 2 aromatic carbocycles. The lowest BCUT2D eigenvalue weighted by Crippen LogP contribution is -2.19. The van der Waals surface area contributed by atoms with Crippen molar-refractivity contribution in [3.8, 4) is 11.5 Å². The van der Waals surface area contributed by atoms with E-state index in [2.05, 4.69) is 0 Å². The Balaban J connectivity index is 2.31. The lowest BCUT2D eigenvalue weighted by molar-refractivity contribution is -0.119. The molecule has 0 atom stereocenters. The van der Waals surface area contributed by atoms with E-state index in [1.54, 1.807) is 24.3 Å². The van der Waals surface area contributed by atoms with Crippen LogP contribution in [0.3, 0.4) is 0 Å². The largest absolute Gasteiger partial charge is 0.508 e. The Hall–Kier alpha value is -2.23. The SMILES string of the molecule is NC(=O)COc1ccc2ccc(O)cc2c1. The van der Waals surface area contributed by atoms with Gasteiger partial charge in [-0.15, -0.1) is 0 Å². The number of hydrogen-bond donors (Lipinski definition) is 2. The molecule has 0 fully saturated rings. The third kappa shape index (κ3) is 2.23. The third-order valence-electron chi connectivity index (χ3n) is 2.18. The molecule has 0 heterocycles. The number of carbonyl (C=O) groups is 1. The number of benzene rings is 2. The maximum Gasteiger partial charge on any atom is 0.255 e. The summed E-state index contributed by atoms with van der Waals surface area (Å²) < 4.78 is 5.16. The van der Waals surface area contributed by atoms with Gasteiger partial charge in [0, 0.05) is 0 Å². The van der Waals surface area contributed by atoms with Gasteiger partial charge in [-0.1, -0.05) is 12.1 Å². The van der Waals surface area contributed by atoms with Gasteiger partial charge in [0.05, 0.1) is 0 Å². The smallest absolute Gasteiger partial charge is 0.255 e. The van der Waals surface area contributed by atoms with Crippen molar-refractivity contribution >= 4 is 16.7 Å². The van der Waals surface area contributed by atoms with Crippen molar-refractivity contribution in [2.75, 3.05) is 6.61 Å². The second-order valence-corrected chi connectivity index (χ2v) is 3.45. The van der Waals surface area contributed by atoms with E-state index in [1.165, 1.54) is 0 Å². The van der Waals surface area contributed by atoms with Gasteiger partial charge in [0.15, 0.2) is 6.61 Å². The Morgan fingerprint density at radius 3 is 2.69 bits per heavy atom.